The zero-order chi connectivity index (χ0) is 23.8. The normalized spacial score (nSPS) is 11.5. The van der Waals surface area contributed by atoms with Gasteiger partial charge in [0.05, 0.1) is 28.7 Å². The monoisotopic (exact) mass is 455 g/mol. The maximum Gasteiger partial charge on any atom is 0.417 e. The molecule has 0 N–H and O–H groups in total. The van der Waals surface area contributed by atoms with Crippen LogP contribution in [0.15, 0.2) is 59.1 Å². The summed E-state index contributed by atoms with van der Waals surface area (Å²) < 4.78 is 45.6. The highest BCUT2D eigenvalue weighted by atomic mass is 19.4. The predicted molar refractivity (Wildman–Crippen MR) is 116 cm³/mol. The van der Waals surface area contributed by atoms with Gasteiger partial charge in [-0.3, -0.25) is 9.78 Å². The second-order valence-corrected chi connectivity index (χ2v) is 7.42. The van der Waals surface area contributed by atoms with E-state index in [1.807, 2.05) is 0 Å². The zero-order valence-electron chi connectivity index (χ0n) is 17.9. The van der Waals surface area contributed by atoms with Gasteiger partial charge in [-0.05, 0) is 31.2 Å². The van der Waals surface area contributed by atoms with Gasteiger partial charge in [0, 0.05) is 26.6 Å². The molecule has 170 valence electrons. The summed E-state index contributed by atoms with van der Waals surface area (Å²) in [5.41, 5.74) is 1.34. The fourth-order valence-electron chi connectivity index (χ4n) is 3.18. The van der Waals surface area contributed by atoms with Gasteiger partial charge in [-0.2, -0.15) is 13.2 Å². The van der Waals surface area contributed by atoms with Crippen molar-refractivity contribution in [2.45, 2.75) is 13.1 Å². The molecule has 0 spiro atoms. The van der Waals surface area contributed by atoms with Crippen molar-refractivity contribution in [3.63, 3.8) is 0 Å². The van der Waals surface area contributed by atoms with E-state index in [0.29, 0.717) is 22.5 Å². The van der Waals surface area contributed by atoms with Gasteiger partial charge in [0.15, 0.2) is 0 Å². The Hall–Kier alpha value is -4.08. The Kier molecular flexibility index (Phi) is 5.67. The molecule has 33 heavy (non-hydrogen) atoms. The summed E-state index contributed by atoms with van der Waals surface area (Å²) in [5.74, 6) is -0.445. The van der Waals surface area contributed by atoms with Crippen molar-refractivity contribution < 1.29 is 23.8 Å². The second kappa shape index (κ2) is 8.45. The van der Waals surface area contributed by atoms with Gasteiger partial charge >= 0.3 is 6.18 Å². The average Bonchev–Trinajstić information content (AvgIpc) is 3.28. The van der Waals surface area contributed by atoms with Gasteiger partial charge in [-0.25, -0.2) is 4.98 Å². The third kappa shape index (κ3) is 4.45. The highest BCUT2D eigenvalue weighted by molar-refractivity contribution is 5.94. The van der Waals surface area contributed by atoms with Gasteiger partial charge in [-0.1, -0.05) is 24.3 Å². The number of aromatic nitrogens is 4. The van der Waals surface area contributed by atoms with E-state index in [2.05, 4.69) is 20.2 Å². The van der Waals surface area contributed by atoms with Crippen molar-refractivity contribution in [3.8, 4) is 34.3 Å². The number of aryl methyl sites for hydroxylation is 1. The van der Waals surface area contributed by atoms with Crippen molar-refractivity contribution >= 4 is 5.91 Å². The van der Waals surface area contributed by atoms with E-state index in [9.17, 15) is 18.0 Å². The Bertz CT molecular complexity index is 1320. The molecule has 4 aromatic rings. The summed E-state index contributed by atoms with van der Waals surface area (Å²) in [6.07, 6.45) is -3.02. The summed E-state index contributed by atoms with van der Waals surface area (Å²) in [7, 11) is 3.33. The minimum absolute atomic E-state index is 0. The Labute approximate surface area is 188 Å². The molecular formula is C23H20F3N5O2. The molecule has 10 heteroatoms. The van der Waals surface area contributed by atoms with Crippen LogP contribution < -0.4 is 0 Å². The van der Waals surface area contributed by atoms with Crippen LogP contribution in [0.2, 0.25) is 0 Å². The van der Waals surface area contributed by atoms with E-state index in [-0.39, 0.29) is 30.4 Å². The van der Waals surface area contributed by atoms with Gasteiger partial charge in [0.1, 0.15) is 5.69 Å². The van der Waals surface area contributed by atoms with Crippen LogP contribution in [0.1, 0.15) is 23.0 Å². The lowest BCUT2D eigenvalue weighted by Crippen LogP contribution is -2.21. The molecule has 0 aliphatic heterocycles. The van der Waals surface area contributed by atoms with Gasteiger partial charge < -0.3 is 9.32 Å². The van der Waals surface area contributed by atoms with E-state index in [1.54, 1.807) is 51.5 Å². The minimum Gasteiger partial charge on any atom is -0.415 e. The molecular weight excluding hydrogens is 435 g/mol. The first-order chi connectivity index (χ1) is 15.6. The number of alkyl halides is 3. The number of benzene rings is 2. The fraction of sp³-hybridized carbons (Fsp3) is 0.174. The highest BCUT2D eigenvalue weighted by Gasteiger charge is 2.35. The third-order valence-corrected chi connectivity index (χ3v) is 4.88. The molecule has 0 fully saturated rings. The summed E-state index contributed by atoms with van der Waals surface area (Å²) in [4.78, 5) is 22.4. The van der Waals surface area contributed by atoms with Gasteiger partial charge in [-0.15, -0.1) is 10.2 Å². The van der Waals surface area contributed by atoms with Crippen molar-refractivity contribution in [1.82, 2.24) is 25.1 Å². The van der Waals surface area contributed by atoms with Crippen LogP contribution >= 0.6 is 0 Å². The van der Waals surface area contributed by atoms with Crippen LogP contribution in [0.4, 0.5) is 13.2 Å². The molecule has 2 aromatic heterocycles. The largest absolute Gasteiger partial charge is 0.417 e. The summed E-state index contributed by atoms with van der Waals surface area (Å²) >= 11 is 0. The molecule has 7 nitrogen and oxygen atoms in total. The molecule has 0 bridgehead atoms. The number of carbonyl (C=O) groups is 1. The number of halogens is 3. The minimum atomic E-state index is -4.57. The number of rotatable bonds is 4. The summed E-state index contributed by atoms with van der Waals surface area (Å²) in [6.45, 7) is 1.68. The Morgan fingerprint density at radius 2 is 1.67 bits per heavy atom. The zero-order valence-corrected chi connectivity index (χ0v) is 17.9. The van der Waals surface area contributed by atoms with Crippen LogP contribution in [-0.2, 0) is 6.18 Å². The molecule has 0 saturated carbocycles. The van der Waals surface area contributed by atoms with Crippen molar-refractivity contribution in [2.24, 2.45) is 0 Å². The topological polar surface area (TPSA) is 85.0 Å². The Morgan fingerprint density at radius 1 is 1.00 bits per heavy atom. The van der Waals surface area contributed by atoms with Crippen LogP contribution in [-0.4, -0.2) is 45.1 Å². The highest BCUT2D eigenvalue weighted by Crippen LogP contribution is 2.37. The molecule has 0 atom stereocenters. The van der Waals surface area contributed by atoms with Crippen molar-refractivity contribution in [1.29, 1.82) is 0 Å². The lowest BCUT2D eigenvalue weighted by molar-refractivity contribution is -0.137. The Morgan fingerprint density at radius 3 is 2.33 bits per heavy atom. The second-order valence-electron chi connectivity index (χ2n) is 7.42. The van der Waals surface area contributed by atoms with Crippen molar-refractivity contribution in [2.75, 3.05) is 14.1 Å². The van der Waals surface area contributed by atoms with E-state index >= 15 is 0 Å². The number of amides is 1. The number of hydrogen-bond acceptors (Lipinski definition) is 6. The predicted octanol–water partition coefficient (Wildman–Crippen LogP) is 5.14. The maximum atomic E-state index is 13.4. The van der Waals surface area contributed by atoms with Crippen LogP contribution in [0.5, 0.6) is 0 Å². The summed E-state index contributed by atoms with van der Waals surface area (Å²) in [6, 6.07) is 11.8. The molecule has 0 saturated heterocycles. The number of nitrogens with zero attached hydrogens (tertiary/aromatic N) is 5. The molecule has 2 heterocycles. The first-order valence-electron chi connectivity index (χ1n) is 9.81. The molecule has 0 aliphatic carbocycles. The Balaban J connectivity index is 0.00000324. The number of carbonyl (C=O) groups excluding carboxylic acids is 1. The number of hydrogen-bond donors (Lipinski definition) is 0. The molecule has 4 rings (SSSR count). The lowest BCUT2D eigenvalue weighted by atomic mass is 10.1. The molecule has 0 unspecified atom stereocenters. The summed E-state index contributed by atoms with van der Waals surface area (Å²) in [5, 5.41) is 7.70. The SMILES string of the molecule is Cc1ncc(-c2ccc(C(=O)N(C)C)cc2)nc1-c1nnc(-c2ccccc2C(F)(F)F)o1.[HH]. The molecule has 1 amide bonds. The van der Waals surface area contributed by atoms with Crippen LogP contribution in [0.25, 0.3) is 34.3 Å². The van der Waals surface area contributed by atoms with Gasteiger partial charge in [0.25, 0.3) is 11.8 Å². The lowest BCUT2D eigenvalue weighted by Gasteiger charge is -2.10. The fourth-order valence-corrected chi connectivity index (χ4v) is 3.18. The van der Waals surface area contributed by atoms with Crippen LogP contribution in [0, 0.1) is 6.92 Å². The molecule has 0 aliphatic rings. The van der Waals surface area contributed by atoms with E-state index in [1.165, 1.54) is 23.1 Å². The first kappa shape index (κ1) is 22.1. The average molecular weight is 455 g/mol. The van der Waals surface area contributed by atoms with E-state index in [0.717, 1.165) is 6.07 Å². The quantitative estimate of drug-likeness (QED) is 0.424. The van der Waals surface area contributed by atoms with E-state index < -0.39 is 11.7 Å². The van der Waals surface area contributed by atoms with Gasteiger partial charge in [0.2, 0.25) is 5.89 Å². The standard InChI is InChI=1S/C23H18F3N5O2.H2/c1-13-19(21-30-29-20(33-21)16-6-4-5-7-17(16)23(24,25)26)28-18(12-27-13)14-8-10-15(11-9-14)22(32)31(2)3;/h4-12H,1-3H3;1H. The molecule has 0 radical (unpaired) electrons. The third-order valence-electron chi connectivity index (χ3n) is 4.88. The smallest absolute Gasteiger partial charge is 0.415 e. The van der Waals surface area contributed by atoms with Crippen LogP contribution in [0.3, 0.4) is 0 Å². The maximum absolute atomic E-state index is 13.4. The molecule has 2 aromatic carbocycles. The first-order valence-corrected chi connectivity index (χ1v) is 9.81. The van der Waals surface area contributed by atoms with Crippen molar-refractivity contribution in [3.05, 3.63) is 71.5 Å². The van der Waals surface area contributed by atoms with E-state index in [4.69, 9.17) is 4.42 Å².